The van der Waals surface area contributed by atoms with Gasteiger partial charge in [0.25, 0.3) is 5.91 Å². The topological polar surface area (TPSA) is 72.7 Å². The Balaban J connectivity index is 1.57. The molecule has 5 aromatic rings. The van der Waals surface area contributed by atoms with Gasteiger partial charge in [-0.2, -0.15) is 0 Å². The molecule has 0 atom stereocenters. The molecule has 2 aromatic carbocycles. The van der Waals surface area contributed by atoms with Gasteiger partial charge in [0, 0.05) is 48.1 Å². The molecule has 0 aliphatic heterocycles. The average molecular weight is 453 g/mol. The molecule has 168 valence electrons. The zero-order chi connectivity index (χ0) is 23.8. The van der Waals surface area contributed by atoms with Crippen LogP contribution in [0.25, 0.3) is 27.4 Å². The first-order chi connectivity index (χ1) is 16.5. The minimum atomic E-state index is -0.568. The number of halogens is 1. The summed E-state index contributed by atoms with van der Waals surface area (Å²) in [5, 5.41) is 4.41. The highest BCUT2D eigenvalue weighted by atomic mass is 19.1. The molecule has 1 amide bonds. The third-order valence-corrected chi connectivity index (χ3v) is 5.79. The van der Waals surface area contributed by atoms with E-state index in [1.165, 1.54) is 26.2 Å². The van der Waals surface area contributed by atoms with Crippen LogP contribution in [0.1, 0.15) is 27.8 Å². The number of ketones is 1. The van der Waals surface area contributed by atoms with Crippen LogP contribution in [-0.2, 0) is 0 Å². The fourth-order valence-corrected chi connectivity index (χ4v) is 4.12. The van der Waals surface area contributed by atoms with Gasteiger partial charge in [0.15, 0.2) is 11.6 Å². The van der Waals surface area contributed by atoms with Crippen molar-refractivity contribution in [2.24, 2.45) is 0 Å². The van der Waals surface area contributed by atoms with Gasteiger partial charge in [-0.25, -0.2) is 4.39 Å². The Labute approximate surface area is 194 Å². The van der Waals surface area contributed by atoms with Crippen molar-refractivity contribution in [1.29, 1.82) is 0 Å². The van der Waals surface area contributed by atoms with Gasteiger partial charge >= 0.3 is 0 Å². The average Bonchev–Trinajstić information content (AvgIpc) is 3.24. The van der Waals surface area contributed by atoms with Crippen LogP contribution in [-0.4, -0.2) is 28.2 Å². The summed E-state index contributed by atoms with van der Waals surface area (Å²) in [5.41, 5.74) is 2.05. The molecule has 0 aliphatic rings. The second-order valence-electron chi connectivity index (χ2n) is 7.85. The Hall–Kier alpha value is -4.52. The Morgan fingerprint density at radius 2 is 1.82 bits per heavy atom. The molecule has 0 radical (unpaired) electrons. The molecular formula is C27H20FN3O3. The third-order valence-electron chi connectivity index (χ3n) is 5.79. The van der Waals surface area contributed by atoms with Gasteiger partial charge in [0.1, 0.15) is 5.75 Å². The first kappa shape index (κ1) is 21.3. The highest BCUT2D eigenvalue weighted by Crippen LogP contribution is 2.33. The largest absolute Gasteiger partial charge is 0.497 e. The lowest BCUT2D eigenvalue weighted by Crippen LogP contribution is -2.13. The molecule has 0 bridgehead atoms. The smallest absolute Gasteiger partial charge is 0.257 e. The number of nitrogens with one attached hydrogen (secondary N) is 1. The van der Waals surface area contributed by atoms with Crippen LogP contribution in [0, 0.1) is 5.82 Å². The molecule has 34 heavy (non-hydrogen) atoms. The zero-order valence-corrected chi connectivity index (χ0v) is 18.5. The van der Waals surface area contributed by atoms with Crippen molar-refractivity contribution in [3.8, 4) is 16.9 Å². The number of aromatic nitrogens is 2. The normalized spacial score (nSPS) is 11.0. The van der Waals surface area contributed by atoms with E-state index < -0.39 is 11.7 Å². The van der Waals surface area contributed by atoms with Crippen LogP contribution in [0.2, 0.25) is 0 Å². The van der Waals surface area contributed by atoms with Gasteiger partial charge in [-0.15, -0.1) is 0 Å². The van der Waals surface area contributed by atoms with Crippen molar-refractivity contribution in [3.05, 3.63) is 96.3 Å². The second kappa shape index (κ2) is 8.44. The summed E-state index contributed by atoms with van der Waals surface area (Å²) in [7, 11) is 1.52. The number of Topliss-reactive ketones (excluding diaryl/α,β-unsaturated/α-hetero) is 1. The van der Waals surface area contributed by atoms with Crippen molar-refractivity contribution in [2.75, 3.05) is 12.4 Å². The maximum Gasteiger partial charge on any atom is 0.257 e. The lowest BCUT2D eigenvalue weighted by Gasteiger charge is -2.12. The highest BCUT2D eigenvalue weighted by Gasteiger charge is 2.20. The fourth-order valence-electron chi connectivity index (χ4n) is 4.12. The number of hydrogen-bond acceptors (Lipinski definition) is 4. The number of amides is 1. The quantitative estimate of drug-likeness (QED) is 0.344. The molecule has 5 rings (SSSR count). The number of benzene rings is 2. The number of nitrogens with zero attached hydrogens (tertiary/aromatic N) is 2. The second-order valence-corrected chi connectivity index (χ2v) is 7.85. The molecule has 3 aromatic heterocycles. The Morgan fingerprint density at radius 3 is 2.62 bits per heavy atom. The lowest BCUT2D eigenvalue weighted by atomic mass is 10.00. The molecule has 6 nitrogen and oxygen atoms in total. The predicted molar refractivity (Wildman–Crippen MR) is 129 cm³/mol. The highest BCUT2D eigenvalue weighted by molar-refractivity contribution is 6.11. The zero-order valence-electron chi connectivity index (χ0n) is 18.5. The van der Waals surface area contributed by atoms with Crippen LogP contribution in [0.15, 0.2) is 79.3 Å². The van der Waals surface area contributed by atoms with Crippen molar-refractivity contribution in [2.45, 2.75) is 6.92 Å². The van der Waals surface area contributed by atoms with Crippen LogP contribution >= 0.6 is 0 Å². The minimum absolute atomic E-state index is 0.0297. The van der Waals surface area contributed by atoms with E-state index in [9.17, 15) is 9.59 Å². The molecule has 7 heteroatoms. The number of fused-ring (bicyclic) bond motifs is 2. The van der Waals surface area contributed by atoms with E-state index in [2.05, 4.69) is 10.3 Å². The molecule has 0 aliphatic carbocycles. The van der Waals surface area contributed by atoms with E-state index in [0.29, 0.717) is 28.1 Å². The molecule has 0 unspecified atom stereocenters. The Morgan fingerprint density at radius 1 is 1.00 bits per heavy atom. The van der Waals surface area contributed by atoms with Crippen LogP contribution < -0.4 is 10.1 Å². The summed E-state index contributed by atoms with van der Waals surface area (Å²) in [4.78, 5) is 29.6. The molecule has 0 fully saturated rings. The van der Waals surface area contributed by atoms with Gasteiger partial charge < -0.3 is 14.5 Å². The summed E-state index contributed by atoms with van der Waals surface area (Å²) in [5.74, 6) is -0.769. The number of methoxy groups -OCH3 is 1. The molecule has 0 saturated heterocycles. The first-order valence-corrected chi connectivity index (χ1v) is 10.6. The summed E-state index contributed by atoms with van der Waals surface area (Å²) in [6.07, 6.45) is 5.00. The molecular weight excluding hydrogens is 433 g/mol. The monoisotopic (exact) mass is 453 g/mol. The van der Waals surface area contributed by atoms with Gasteiger partial charge in [-0.05, 0) is 23.6 Å². The summed E-state index contributed by atoms with van der Waals surface area (Å²) >= 11 is 0. The fraction of sp³-hybridized carbons (Fsp3) is 0.0741. The Kier molecular flexibility index (Phi) is 5.30. The first-order valence-electron chi connectivity index (χ1n) is 10.6. The standard InChI is InChI=1S/C27H20FN3O3/c1-16(32)24-13-21(25-12-18(34-2)10-11-31(24)25)27(33)30-23-9-5-8-20(26(23)28)22-15-29-14-17-6-3-4-7-19(17)22/h3-15H,1-2H3,(H,30,33). The van der Waals surface area contributed by atoms with Crippen LogP contribution in [0.3, 0.4) is 0 Å². The van der Waals surface area contributed by atoms with Crippen molar-refractivity contribution in [1.82, 2.24) is 9.38 Å². The summed E-state index contributed by atoms with van der Waals surface area (Å²) < 4.78 is 22.5. The van der Waals surface area contributed by atoms with E-state index in [0.717, 1.165) is 10.8 Å². The summed E-state index contributed by atoms with van der Waals surface area (Å²) in [6, 6.07) is 17.3. The van der Waals surface area contributed by atoms with Gasteiger partial charge in [-0.3, -0.25) is 14.6 Å². The molecule has 0 spiro atoms. The van der Waals surface area contributed by atoms with Crippen LogP contribution in [0.4, 0.5) is 10.1 Å². The van der Waals surface area contributed by atoms with E-state index in [4.69, 9.17) is 4.74 Å². The number of rotatable bonds is 5. The third kappa shape index (κ3) is 3.57. The predicted octanol–water partition coefficient (Wildman–Crippen LogP) is 5.76. The number of pyridine rings is 2. The number of ether oxygens (including phenoxy) is 1. The lowest BCUT2D eigenvalue weighted by molar-refractivity contribution is 0.101. The maximum atomic E-state index is 15.6. The van der Waals surface area contributed by atoms with E-state index in [1.54, 1.807) is 47.3 Å². The number of hydrogen-bond donors (Lipinski definition) is 1. The molecule has 3 heterocycles. The van der Waals surface area contributed by atoms with Crippen molar-refractivity contribution >= 4 is 33.7 Å². The van der Waals surface area contributed by atoms with E-state index in [-0.39, 0.29) is 17.0 Å². The van der Waals surface area contributed by atoms with E-state index >= 15 is 4.39 Å². The van der Waals surface area contributed by atoms with Crippen LogP contribution in [0.5, 0.6) is 5.75 Å². The van der Waals surface area contributed by atoms with Gasteiger partial charge in [0.2, 0.25) is 0 Å². The van der Waals surface area contributed by atoms with Gasteiger partial charge in [0.05, 0.1) is 29.6 Å². The molecule has 1 N–H and O–H groups in total. The van der Waals surface area contributed by atoms with Crippen molar-refractivity contribution in [3.63, 3.8) is 0 Å². The maximum absolute atomic E-state index is 15.6. The number of carbonyl (C=O) groups is 2. The van der Waals surface area contributed by atoms with Gasteiger partial charge in [-0.1, -0.05) is 36.4 Å². The minimum Gasteiger partial charge on any atom is -0.497 e. The number of anilines is 1. The van der Waals surface area contributed by atoms with Crippen molar-refractivity contribution < 1.29 is 18.7 Å². The SMILES string of the molecule is COc1ccn2c(C(C)=O)cc(C(=O)Nc3cccc(-c4cncc5ccccc45)c3F)c2c1. The molecule has 0 saturated carbocycles. The van der Waals surface area contributed by atoms with E-state index in [1.807, 2.05) is 24.3 Å². The Bertz CT molecular complexity index is 1580. The summed E-state index contributed by atoms with van der Waals surface area (Å²) in [6.45, 7) is 1.43. The number of carbonyl (C=O) groups excluding carboxylic acids is 2.